The summed E-state index contributed by atoms with van der Waals surface area (Å²) in [5.74, 6) is 2.98. The molecule has 0 bridgehead atoms. The summed E-state index contributed by atoms with van der Waals surface area (Å²) in [7, 11) is 0. The molecular formula is C42H62ClN3O2S. The first-order chi connectivity index (χ1) is 23.0. The Hall–Kier alpha value is -1.63. The van der Waals surface area contributed by atoms with Crippen LogP contribution in [0.15, 0.2) is 29.8 Å². The molecule has 0 unspecified atom stereocenters. The van der Waals surface area contributed by atoms with Crippen LogP contribution in [0.25, 0.3) is 0 Å². The minimum Gasteiger partial charge on any atom is -0.393 e. The molecule has 0 radical (unpaired) electrons. The number of aryl methyl sites for hydroxylation is 1. The van der Waals surface area contributed by atoms with Crippen molar-refractivity contribution in [3.63, 3.8) is 0 Å². The van der Waals surface area contributed by atoms with E-state index in [-0.39, 0.29) is 33.2 Å². The van der Waals surface area contributed by atoms with Gasteiger partial charge in [-0.2, -0.15) is 0 Å². The van der Waals surface area contributed by atoms with Gasteiger partial charge >= 0.3 is 0 Å². The number of nitrogens with zero attached hydrogens (tertiary/aromatic N) is 2. The standard InChI is InChI=1S/C42H62ClN3O2S/c1-26-13-18-42(36(48)45-21-23-46(24-22-45)37(49)44-29-10-9-27(2)31(43)25-29)20-19-40(7)30(35(42)28(26)3)11-12-33-39(6)16-15-34(47)38(4,5)32(39)14-17-41(33,40)8/h9-11,25-26,28,32-35,47H,12-24H2,1-8H3,(H,44,49)/t26-,28+,32+,33-,34+,35+,39+,40-,41-,42+/m1/s1. The number of rotatable bonds is 2. The maximum absolute atomic E-state index is 15.1. The van der Waals surface area contributed by atoms with Crippen LogP contribution < -0.4 is 5.32 Å². The first-order valence-electron chi connectivity index (χ1n) is 19.5. The van der Waals surface area contributed by atoms with Crippen molar-refractivity contribution >= 4 is 40.5 Å². The molecule has 2 N–H and O–H groups in total. The molecule has 6 aliphatic rings. The lowest BCUT2D eigenvalue weighted by molar-refractivity contribution is -0.205. The number of thiocarbonyl (C=S) groups is 1. The number of piperazine rings is 1. The second-order valence-corrected chi connectivity index (χ2v) is 19.6. The number of anilines is 1. The molecule has 0 spiro atoms. The molecular weight excluding hydrogens is 646 g/mol. The molecule has 1 saturated heterocycles. The molecule has 4 saturated carbocycles. The van der Waals surface area contributed by atoms with Crippen LogP contribution in [0.5, 0.6) is 0 Å². The summed E-state index contributed by atoms with van der Waals surface area (Å²) >= 11 is 12.2. The normalized spacial score (nSPS) is 42.9. The molecule has 1 aliphatic heterocycles. The summed E-state index contributed by atoms with van der Waals surface area (Å²) in [6.45, 7) is 22.4. The van der Waals surface area contributed by atoms with Crippen molar-refractivity contribution in [2.45, 2.75) is 119 Å². The number of aliphatic hydroxyl groups excluding tert-OH is 1. The summed E-state index contributed by atoms with van der Waals surface area (Å²) < 4.78 is 0. The van der Waals surface area contributed by atoms with Crippen LogP contribution in [0.1, 0.15) is 112 Å². The molecule has 5 aliphatic carbocycles. The zero-order chi connectivity index (χ0) is 35.3. The highest BCUT2D eigenvalue weighted by molar-refractivity contribution is 7.80. The Kier molecular flexibility index (Phi) is 8.92. The van der Waals surface area contributed by atoms with Gasteiger partial charge in [0.25, 0.3) is 0 Å². The molecule has 10 atom stereocenters. The zero-order valence-electron chi connectivity index (χ0n) is 31.5. The molecule has 1 heterocycles. The molecule has 49 heavy (non-hydrogen) atoms. The molecule has 5 fully saturated rings. The average molecular weight is 708 g/mol. The number of benzene rings is 1. The van der Waals surface area contributed by atoms with Gasteiger partial charge in [0, 0.05) is 36.9 Å². The number of hydrogen-bond donors (Lipinski definition) is 2. The highest BCUT2D eigenvalue weighted by Gasteiger charge is 2.69. The largest absolute Gasteiger partial charge is 0.393 e. The quantitative estimate of drug-likeness (QED) is 0.237. The van der Waals surface area contributed by atoms with E-state index < -0.39 is 0 Å². The number of nitrogens with one attached hydrogen (secondary N) is 1. The number of carbonyl (C=O) groups is 1. The summed E-state index contributed by atoms with van der Waals surface area (Å²) in [4.78, 5) is 19.5. The monoisotopic (exact) mass is 707 g/mol. The Morgan fingerprint density at radius 1 is 0.918 bits per heavy atom. The van der Waals surface area contributed by atoms with Crippen LogP contribution in [0.2, 0.25) is 5.02 Å². The van der Waals surface area contributed by atoms with Crippen molar-refractivity contribution in [3.05, 3.63) is 40.4 Å². The van der Waals surface area contributed by atoms with Crippen LogP contribution in [-0.2, 0) is 4.79 Å². The van der Waals surface area contributed by atoms with Gasteiger partial charge in [-0.3, -0.25) is 4.79 Å². The third-order valence-corrected chi connectivity index (χ3v) is 17.4. The Labute approximate surface area is 307 Å². The second-order valence-electron chi connectivity index (χ2n) is 18.9. The van der Waals surface area contributed by atoms with Gasteiger partial charge in [0.1, 0.15) is 0 Å². The van der Waals surface area contributed by atoms with Gasteiger partial charge in [0.15, 0.2) is 5.11 Å². The topological polar surface area (TPSA) is 55.8 Å². The number of fused-ring (bicyclic) bond motifs is 7. The third-order valence-electron chi connectivity index (χ3n) is 16.7. The molecule has 1 aromatic rings. The predicted molar refractivity (Wildman–Crippen MR) is 206 cm³/mol. The Bertz CT molecular complexity index is 1540. The fourth-order valence-corrected chi connectivity index (χ4v) is 13.6. The maximum atomic E-state index is 15.1. The molecule has 5 nitrogen and oxygen atoms in total. The lowest BCUT2D eigenvalue weighted by Gasteiger charge is -2.71. The second kappa shape index (κ2) is 12.2. The number of amides is 1. The smallest absolute Gasteiger partial charge is 0.229 e. The van der Waals surface area contributed by atoms with Gasteiger partial charge < -0.3 is 20.2 Å². The van der Waals surface area contributed by atoms with Gasteiger partial charge in [-0.05, 0) is 146 Å². The zero-order valence-corrected chi connectivity index (χ0v) is 33.1. The molecule has 0 aromatic heterocycles. The van der Waals surface area contributed by atoms with E-state index in [4.69, 9.17) is 23.8 Å². The fourth-order valence-electron chi connectivity index (χ4n) is 13.1. The van der Waals surface area contributed by atoms with Crippen molar-refractivity contribution < 1.29 is 9.90 Å². The predicted octanol–water partition coefficient (Wildman–Crippen LogP) is 9.51. The minimum absolute atomic E-state index is 0.0428. The van der Waals surface area contributed by atoms with E-state index in [0.29, 0.717) is 53.7 Å². The summed E-state index contributed by atoms with van der Waals surface area (Å²) in [5.41, 5.74) is 3.77. The van der Waals surface area contributed by atoms with Gasteiger partial charge in [0.2, 0.25) is 5.91 Å². The van der Waals surface area contributed by atoms with E-state index in [1.807, 2.05) is 25.1 Å². The lowest BCUT2D eigenvalue weighted by atomic mass is 9.33. The van der Waals surface area contributed by atoms with E-state index in [0.717, 1.165) is 74.3 Å². The van der Waals surface area contributed by atoms with Crippen molar-refractivity contribution in [2.75, 3.05) is 31.5 Å². The lowest BCUT2D eigenvalue weighted by Crippen LogP contribution is -2.66. The maximum Gasteiger partial charge on any atom is 0.229 e. The van der Waals surface area contributed by atoms with E-state index >= 15 is 4.79 Å². The minimum atomic E-state index is -0.307. The Balaban J connectivity index is 1.14. The van der Waals surface area contributed by atoms with Gasteiger partial charge in [0.05, 0.1) is 11.5 Å². The molecule has 7 heteroatoms. The Morgan fingerprint density at radius 3 is 2.31 bits per heavy atom. The van der Waals surface area contributed by atoms with Crippen LogP contribution >= 0.6 is 23.8 Å². The summed E-state index contributed by atoms with van der Waals surface area (Å²) in [5, 5.41) is 15.9. The van der Waals surface area contributed by atoms with E-state index in [2.05, 4.69) is 69.7 Å². The number of halogens is 1. The van der Waals surface area contributed by atoms with Crippen LogP contribution in [0.3, 0.4) is 0 Å². The number of hydrogen-bond acceptors (Lipinski definition) is 3. The molecule has 7 rings (SSSR count). The van der Waals surface area contributed by atoms with Crippen LogP contribution in [0.4, 0.5) is 5.69 Å². The molecule has 1 aromatic carbocycles. The first kappa shape index (κ1) is 35.8. The number of carbonyl (C=O) groups excluding carboxylic acids is 1. The van der Waals surface area contributed by atoms with Gasteiger partial charge in [-0.1, -0.05) is 77.8 Å². The first-order valence-corrected chi connectivity index (χ1v) is 20.3. The highest BCUT2D eigenvalue weighted by Crippen LogP contribution is 2.75. The average Bonchev–Trinajstić information content (AvgIpc) is 3.06. The summed E-state index contributed by atoms with van der Waals surface area (Å²) in [6, 6.07) is 5.96. The summed E-state index contributed by atoms with van der Waals surface area (Å²) in [6.07, 6.45) is 12.3. The van der Waals surface area contributed by atoms with Gasteiger partial charge in [-0.25, -0.2) is 0 Å². The van der Waals surface area contributed by atoms with Gasteiger partial charge in [-0.15, -0.1) is 0 Å². The van der Waals surface area contributed by atoms with E-state index in [1.54, 1.807) is 5.57 Å². The molecule has 270 valence electrons. The SMILES string of the molecule is Cc1ccc(NC(=S)N2CCN(C(=O)[C@]34CC[C@@H](C)[C@H](C)[C@H]3C3=CC[C@@H]5[C@@]6(C)CC[C@H](O)C(C)(C)[C@@H]6CC[C@@]5(C)[C@]3(C)CC4)CC2)cc1Cl. The highest BCUT2D eigenvalue weighted by atomic mass is 35.5. The number of aliphatic hydroxyl groups is 1. The van der Waals surface area contributed by atoms with Crippen molar-refractivity contribution in [1.82, 2.24) is 9.80 Å². The number of allylic oxidation sites excluding steroid dienone is 2. The van der Waals surface area contributed by atoms with E-state index in [1.165, 1.54) is 12.8 Å². The van der Waals surface area contributed by atoms with Crippen LogP contribution in [0, 0.1) is 63.6 Å². The third kappa shape index (κ3) is 5.21. The van der Waals surface area contributed by atoms with Crippen molar-refractivity contribution in [3.8, 4) is 0 Å². The van der Waals surface area contributed by atoms with Crippen LogP contribution in [-0.4, -0.2) is 58.2 Å². The Morgan fingerprint density at radius 2 is 1.61 bits per heavy atom. The fraction of sp³-hybridized carbons (Fsp3) is 0.762. The van der Waals surface area contributed by atoms with Crippen molar-refractivity contribution in [2.24, 2.45) is 56.7 Å². The van der Waals surface area contributed by atoms with E-state index in [9.17, 15) is 5.11 Å². The molecule has 1 amide bonds. The van der Waals surface area contributed by atoms with Crippen molar-refractivity contribution in [1.29, 1.82) is 0 Å².